The number of aryl methyl sites for hydroxylation is 1. The second kappa shape index (κ2) is 7.09. The summed E-state index contributed by atoms with van der Waals surface area (Å²) >= 11 is 0. The van der Waals surface area contributed by atoms with Crippen molar-refractivity contribution in [2.75, 3.05) is 11.5 Å². The Bertz CT molecular complexity index is 782. The summed E-state index contributed by atoms with van der Waals surface area (Å²) in [5, 5.41) is 4.32. The van der Waals surface area contributed by atoms with Gasteiger partial charge < -0.3 is 4.74 Å². The SMILES string of the molecule is Cc1cccc(OC[C@@H]2CCC(=O)N2c2ccnn2C(C)C)c1C=O. The van der Waals surface area contributed by atoms with Crippen LogP contribution >= 0.6 is 0 Å². The monoisotopic (exact) mass is 341 g/mol. The molecule has 3 rings (SSSR count). The predicted octanol–water partition coefficient (Wildman–Crippen LogP) is 3.16. The van der Waals surface area contributed by atoms with Crippen LogP contribution in [-0.4, -0.2) is 34.6 Å². The molecule has 1 atom stereocenters. The number of rotatable bonds is 6. The number of carbonyl (C=O) groups excluding carboxylic acids is 2. The number of anilines is 1. The Balaban J connectivity index is 1.80. The molecule has 25 heavy (non-hydrogen) atoms. The molecule has 1 aliphatic heterocycles. The molecule has 2 heterocycles. The molecule has 0 aliphatic carbocycles. The van der Waals surface area contributed by atoms with Crippen LogP contribution in [0.5, 0.6) is 5.75 Å². The van der Waals surface area contributed by atoms with E-state index in [1.165, 1.54) is 0 Å². The largest absolute Gasteiger partial charge is 0.491 e. The van der Waals surface area contributed by atoms with Crippen molar-refractivity contribution in [2.24, 2.45) is 0 Å². The van der Waals surface area contributed by atoms with Gasteiger partial charge in [0.25, 0.3) is 0 Å². The zero-order chi connectivity index (χ0) is 18.0. The van der Waals surface area contributed by atoms with E-state index in [0.717, 1.165) is 24.1 Å². The number of aldehydes is 1. The highest BCUT2D eigenvalue weighted by atomic mass is 16.5. The van der Waals surface area contributed by atoms with Crippen LogP contribution in [0.4, 0.5) is 5.82 Å². The molecule has 6 heteroatoms. The third kappa shape index (κ3) is 3.29. The van der Waals surface area contributed by atoms with Gasteiger partial charge in [-0.15, -0.1) is 0 Å². The number of hydrogen-bond donors (Lipinski definition) is 0. The molecular formula is C19H23N3O3. The highest BCUT2D eigenvalue weighted by Crippen LogP contribution is 2.29. The molecule has 1 aromatic carbocycles. The average Bonchev–Trinajstić information content (AvgIpc) is 3.19. The number of ether oxygens (including phenoxy) is 1. The number of nitrogens with zero attached hydrogens (tertiary/aromatic N) is 3. The fourth-order valence-electron chi connectivity index (χ4n) is 3.23. The van der Waals surface area contributed by atoms with Crippen molar-refractivity contribution in [2.45, 2.75) is 45.7 Å². The fourth-order valence-corrected chi connectivity index (χ4v) is 3.23. The smallest absolute Gasteiger partial charge is 0.228 e. The minimum absolute atomic E-state index is 0.0679. The van der Waals surface area contributed by atoms with Crippen LogP contribution in [0, 0.1) is 6.92 Å². The zero-order valence-electron chi connectivity index (χ0n) is 14.8. The first-order valence-corrected chi connectivity index (χ1v) is 8.56. The molecule has 132 valence electrons. The minimum atomic E-state index is -0.0679. The van der Waals surface area contributed by atoms with Gasteiger partial charge in [-0.05, 0) is 38.8 Å². The molecule has 1 aromatic heterocycles. The lowest BCUT2D eigenvalue weighted by molar-refractivity contribution is -0.117. The van der Waals surface area contributed by atoms with Gasteiger partial charge in [0.15, 0.2) is 6.29 Å². The molecule has 1 amide bonds. The topological polar surface area (TPSA) is 64.4 Å². The van der Waals surface area contributed by atoms with Gasteiger partial charge in [-0.1, -0.05) is 12.1 Å². The number of aromatic nitrogens is 2. The van der Waals surface area contributed by atoms with Gasteiger partial charge in [0.2, 0.25) is 5.91 Å². The van der Waals surface area contributed by atoms with E-state index >= 15 is 0 Å². The molecule has 0 radical (unpaired) electrons. The molecule has 2 aromatic rings. The van der Waals surface area contributed by atoms with E-state index < -0.39 is 0 Å². The van der Waals surface area contributed by atoms with Gasteiger partial charge in [-0.2, -0.15) is 5.10 Å². The maximum absolute atomic E-state index is 12.4. The van der Waals surface area contributed by atoms with Gasteiger partial charge in [0.1, 0.15) is 18.2 Å². The maximum Gasteiger partial charge on any atom is 0.228 e. The van der Waals surface area contributed by atoms with Crippen molar-refractivity contribution in [1.82, 2.24) is 9.78 Å². The van der Waals surface area contributed by atoms with Crippen LogP contribution in [0.1, 0.15) is 48.7 Å². The molecule has 0 spiro atoms. The number of hydrogen-bond acceptors (Lipinski definition) is 4. The molecule has 0 unspecified atom stereocenters. The zero-order valence-corrected chi connectivity index (χ0v) is 14.8. The van der Waals surface area contributed by atoms with Crippen LogP contribution < -0.4 is 9.64 Å². The van der Waals surface area contributed by atoms with Crippen molar-refractivity contribution in [3.63, 3.8) is 0 Å². The van der Waals surface area contributed by atoms with E-state index in [1.807, 2.05) is 43.7 Å². The lowest BCUT2D eigenvalue weighted by Gasteiger charge is -2.26. The lowest BCUT2D eigenvalue weighted by atomic mass is 10.1. The van der Waals surface area contributed by atoms with Crippen LogP contribution in [0.15, 0.2) is 30.5 Å². The van der Waals surface area contributed by atoms with Crippen LogP contribution in [-0.2, 0) is 4.79 Å². The van der Waals surface area contributed by atoms with Crippen molar-refractivity contribution in [3.05, 3.63) is 41.6 Å². The molecule has 1 saturated heterocycles. The summed E-state index contributed by atoms with van der Waals surface area (Å²) in [5.41, 5.74) is 1.44. The van der Waals surface area contributed by atoms with E-state index in [0.29, 0.717) is 24.3 Å². The van der Waals surface area contributed by atoms with Crippen LogP contribution in [0.3, 0.4) is 0 Å². The molecule has 6 nitrogen and oxygen atoms in total. The fraction of sp³-hybridized carbons (Fsp3) is 0.421. The van der Waals surface area contributed by atoms with Gasteiger partial charge >= 0.3 is 0 Å². The third-order valence-electron chi connectivity index (χ3n) is 4.54. The molecular weight excluding hydrogens is 318 g/mol. The summed E-state index contributed by atoms with van der Waals surface area (Å²) < 4.78 is 7.76. The maximum atomic E-state index is 12.4. The van der Waals surface area contributed by atoms with Crippen LogP contribution in [0.2, 0.25) is 0 Å². The summed E-state index contributed by atoms with van der Waals surface area (Å²) in [6.45, 7) is 6.29. The first kappa shape index (κ1) is 17.2. The quantitative estimate of drug-likeness (QED) is 0.757. The first-order valence-electron chi connectivity index (χ1n) is 8.56. The number of carbonyl (C=O) groups is 2. The van der Waals surface area contributed by atoms with E-state index in [2.05, 4.69) is 5.10 Å². The summed E-state index contributed by atoms with van der Waals surface area (Å²) in [6, 6.07) is 7.49. The predicted molar refractivity (Wildman–Crippen MR) is 95.2 cm³/mol. The summed E-state index contributed by atoms with van der Waals surface area (Å²) in [4.78, 5) is 25.5. The Morgan fingerprint density at radius 3 is 2.88 bits per heavy atom. The molecule has 0 bridgehead atoms. The van der Waals surface area contributed by atoms with Crippen molar-refractivity contribution in [1.29, 1.82) is 0 Å². The second-order valence-electron chi connectivity index (χ2n) is 6.60. The minimum Gasteiger partial charge on any atom is -0.491 e. The molecule has 1 aliphatic rings. The lowest BCUT2D eigenvalue weighted by Crippen LogP contribution is -2.38. The van der Waals surface area contributed by atoms with Crippen molar-refractivity contribution < 1.29 is 14.3 Å². The highest BCUT2D eigenvalue weighted by molar-refractivity contribution is 5.95. The number of amides is 1. The van der Waals surface area contributed by atoms with Crippen molar-refractivity contribution in [3.8, 4) is 5.75 Å². The third-order valence-corrected chi connectivity index (χ3v) is 4.54. The normalized spacial score (nSPS) is 17.4. The van der Waals surface area contributed by atoms with Gasteiger partial charge in [0.05, 0.1) is 17.8 Å². The van der Waals surface area contributed by atoms with E-state index in [9.17, 15) is 9.59 Å². The first-order chi connectivity index (χ1) is 12.0. The highest BCUT2D eigenvalue weighted by Gasteiger charge is 2.35. The standard InChI is InChI=1S/C19H23N3O3/c1-13(2)22-18(9-10-20-22)21-15(7-8-19(21)24)12-25-17-6-4-5-14(3)16(17)11-23/h4-6,9-11,13,15H,7-8,12H2,1-3H3/t15-/m0/s1. The molecule has 0 saturated carbocycles. The van der Waals surface area contributed by atoms with E-state index in [-0.39, 0.29) is 18.0 Å². The van der Waals surface area contributed by atoms with Crippen LogP contribution in [0.25, 0.3) is 0 Å². The molecule has 0 N–H and O–H groups in total. The summed E-state index contributed by atoms with van der Waals surface area (Å²) in [5.74, 6) is 1.44. The second-order valence-corrected chi connectivity index (χ2v) is 6.60. The summed E-state index contributed by atoms with van der Waals surface area (Å²) in [6.07, 6.45) is 3.75. The Morgan fingerprint density at radius 2 is 2.16 bits per heavy atom. The van der Waals surface area contributed by atoms with E-state index in [1.54, 1.807) is 17.2 Å². The van der Waals surface area contributed by atoms with Gasteiger partial charge in [-0.3, -0.25) is 14.5 Å². The number of benzene rings is 1. The van der Waals surface area contributed by atoms with Gasteiger partial charge in [-0.25, -0.2) is 4.68 Å². The Morgan fingerprint density at radius 1 is 1.36 bits per heavy atom. The van der Waals surface area contributed by atoms with Gasteiger partial charge in [0, 0.05) is 18.5 Å². The average molecular weight is 341 g/mol. The Labute approximate surface area is 147 Å². The Kier molecular flexibility index (Phi) is 4.88. The molecule has 1 fully saturated rings. The Hall–Kier alpha value is -2.63. The van der Waals surface area contributed by atoms with E-state index in [4.69, 9.17) is 4.74 Å². The van der Waals surface area contributed by atoms with Crippen molar-refractivity contribution >= 4 is 18.0 Å². The summed E-state index contributed by atoms with van der Waals surface area (Å²) in [7, 11) is 0.